The largest absolute Gasteiger partial charge is 0.495 e. The van der Waals surface area contributed by atoms with Crippen LogP contribution in [-0.2, 0) is 4.74 Å². The van der Waals surface area contributed by atoms with Crippen LogP contribution < -0.4 is 16.0 Å². The van der Waals surface area contributed by atoms with Gasteiger partial charge in [0.2, 0.25) is 0 Å². The van der Waals surface area contributed by atoms with E-state index in [0.717, 1.165) is 5.56 Å². The molecule has 0 aliphatic rings. The first kappa shape index (κ1) is 13.9. The van der Waals surface area contributed by atoms with Crippen LogP contribution in [0.5, 0.6) is 5.75 Å². The molecule has 1 aromatic heterocycles. The standard InChI is InChI=1S/C12H21N3O2/c1-8(2)12(17-4)11(15-13)9-5-10(16-3)7-14-6-9/h5-8,11-12,15H,13H2,1-4H3. The Labute approximate surface area is 102 Å². The summed E-state index contributed by atoms with van der Waals surface area (Å²) in [6, 6.07) is 1.80. The molecule has 3 N–H and O–H groups in total. The van der Waals surface area contributed by atoms with Gasteiger partial charge in [0, 0.05) is 13.3 Å². The monoisotopic (exact) mass is 239 g/mol. The molecule has 1 rings (SSSR count). The molecule has 0 saturated carbocycles. The molecule has 17 heavy (non-hydrogen) atoms. The van der Waals surface area contributed by atoms with E-state index in [4.69, 9.17) is 15.3 Å². The van der Waals surface area contributed by atoms with E-state index in [2.05, 4.69) is 24.3 Å². The molecule has 0 bridgehead atoms. The molecule has 5 heteroatoms. The molecule has 5 nitrogen and oxygen atoms in total. The maximum atomic E-state index is 5.61. The fourth-order valence-corrected chi connectivity index (χ4v) is 1.89. The van der Waals surface area contributed by atoms with Gasteiger partial charge in [0.25, 0.3) is 0 Å². The number of rotatable bonds is 6. The highest BCUT2D eigenvalue weighted by Crippen LogP contribution is 2.25. The average Bonchev–Trinajstić information content (AvgIpc) is 2.35. The Hall–Kier alpha value is -1.17. The van der Waals surface area contributed by atoms with E-state index in [1.807, 2.05) is 6.07 Å². The Balaban J connectivity index is 2.99. The molecule has 1 aromatic rings. The van der Waals surface area contributed by atoms with Crippen LogP contribution in [0.2, 0.25) is 0 Å². The van der Waals surface area contributed by atoms with Crippen molar-refractivity contribution in [3.63, 3.8) is 0 Å². The minimum atomic E-state index is -0.109. The van der Waals surface area contributed by atoms with Crippen molar-refractivity contribution in [2.75, 3.05) is 14.2 Å². The topological polar surface area (TPSA) is 69.4 Å². The van der Waals surface area contributed by atoms with Gasteiger partial charge in [0.15, 0.2) is 0 Å². The lowest BCUT2D eigenvalue weighted by Gasteiger charge is -2.28. The second-order valence-electron chi connectivity index (χ2n) is 4.25. The zero-order valence-electron chi connectivity index (χ0n) is 10.8. The van der Waals surface area contributed by atoms with Crippen LogP contribution in [-0.4, -0.2) is 25.3 Å². The number of nitrogens with one attached hydrogen (secondary N) is 1. The van der Waals surface area contributed by atoms with E-state index in [1.54, 1.807) is 26.6 Å². The first-order chi connectivity index (χ1) is 8.13. The third kappa shape index (κ3) is 3.39. The summed E-state index contributed by atoms with van der Waals surface area (Å²) >= 11 is 0. The molecule has 2 unspecified atom stereocenters. The lowest BCUT2D eigenvalue weighted by molar-refractivity contribution is 0.0325. The van der Waals surface area contributed by atoms with Crippen molar-refractivity contribution in [2.24, 2.45) is 11.8 Å². The van der Waals surface area contributed by atoms with Gasteiger partial charge in [-0.05, 0) is 17.5 Å². The molecule has 0 saturated heterocycles. The minimum Gasteiger partial charge on any atom is -0.495 e. The number of hydrogen-bond acceptors (Lipinski definition) is 5. The number of aromatic nitrogens is 1. The highest BCUT2D eigenvalue weighted by atomic mass is 16.5. The highest BCUT2D eigenvalue weighted by Gasteiger charge is 2.25. The van der Waals surface area contributed by atoms with Crippen LogP contribution in [0.4, 0.5) is 0 Å². The van der Waals surface area contributed by atoms with Gasteiger partial charge >= 0.3 is 0 Å². The lowest BCUT2D eigenvalue weighted by Crippen LogP contribution is -2.40. The predicted molar refractivity (Wildman–Crippen MR) is 66.5 cm³/mol. The van der Waals surface area contributed by atoms with E-state index < -0.39 is 0 Å². The molecule has 0 amide bonds. The summed E-state index contributed by atoms with van der Waals surface area (Å²) in [4.78, 5) is 4.12. The molecule has 0 aliphatic carbocycles. The fraction of sp³-hybridized carbons (Fsp3) is 0.583. The molecular formula is C12H21N3O2. The molecule has 0 spiro atoms. The second-order valence-corrected chi connectivity index (χ2v) is 4.25. The fourth-order valence-electron chi connectivity index (χ4n) is 1.89. The van der Waals surface area contributed by atoms with Crippen LogP contribution >= 0.6 is 0 Å². The van der Waals surface area contributed by atoms with Crippen molar-refractivity contribution in [3.8, 4) is 5.75 Å². The van der Waals surface area contributed by atoms with Crippen molar-refractivity contribution < 1.29 is 9.47 Å². The van der Waals surface area contributed by atoms with Gasteiger partial charge in [-0.1, -0.05) is 13.8 Å². The third-order valence-corrected chi connectivity index (χ3v) is 2.77. The number of nitrogens with two attached hydrogens (primary N) is 1. The number of nitrogens with zero attached hydrogens (tertiary/aromatic N) is 1. The predicted octanol–water partition coefficient (Wildman–Crippen LogP) is 1.27. The molecule has 0 aliphatic heterocycles. The van der Waals surface area contributed by atoms with Gasteiger partial charge < -0.3 is 9.47 Å². The van der Waals surface area contributed by atoms with Crippen LogP contribution in [0, 0.1) is 5.92 Å². The SMILES string of the molecule is COc1cncc(C(NN)C(OC)C(C)C)c1. The average molecular weight is 239 g/mol. The van der Waals surface area contributed by atoms with E-state index >= 15 is 0 Å². The maximum absolute atomic E-state index is 5.61. The van der Waals surface area contributed by atoms with Crippen LogP contribution in [0.1, 0.15) is 25.5 Å². The molecule has 1 heterocycles. The lowest BCUT2D eigenvalue weighted by atomic mass is 9.95. The molecule has 0 radical (unpaired) electrons. The van der Waals surface area contributed by atoms with Gasteiger partial charge in [-0.25, -0.2) is 0 Å². The summed E-state index contributed by atoms with van der Waals surface area (Å²) in [7, 11) is 3.30. The Kier molecular flexibility index (Phi) is 5.34. The van der Waals surface area contributed by atoms with Gasteiger partial charge in [0.05, 0.1) is 25.5 Å². The number of hydrogen-bond donors (Lipinski definition) is 2. The summed E-state index contributed by atoms with van der Waals surface area (Å²) in [6.07, 6.45) is 3.41. The molecule has 96 valence electrons. The molecule has 2 atom stereocenters. The van der Waals surface area contributed by atoms with Crippen LogP contribution in [0.25, 0.3) is 0 Å². The Morgan fingerprint density at radius 3 is 2.47 bits per heavy atom. The highest BCUT2D eigenvalue weighted by molar-refractivity contribution is 5.26. The van der Waals surface area contributed by atoms with Crippen molar-refractivity contribution in [1.82, 2.24) is 10.4 Å². The Bertz CT molecular complexity index is 344. The van der Waals surface area contributed by atoms with Crippen molar-refractivity contribution in [1.29, 1.82) is 0 Å². The summed E-state index contributed by atoms with van der Waals surface area (Å²) in [5.74, 6) is 6.66. The van der Waals surface area contributed by atoms with E-state index in [1.165, 1.54) is 0 Å². The first-order valence-corrected chi connectivity index (χ1v) is 5.61. The first-order valence-electron chi connectivity index (χ1n) is 5.61. The Morgan fingerprint density at radius 2 is 2.00 bits per heavy atom. The zero-order valence-corrected chi connectivity index (χ0v) is 10.8. The number of ether oxygens (including phenoxy) is 2. The van der Waals surface area contributed by atoms with E-state index in [-0.39, 0.29) is 12.1 Å². The van der Waals surface area contributed by atoms with Crippen molar-refractivity contribution in [2.45, 2.75) is 26.0 Å². The summed E-state index contributed by atoms with van der Waals surface area (Å²) < 4.78 is 10.6. The van der Waals surface area contributed by atoms with Gasteiger partial charge in [-0.2, -0.15) is 0 Å². The van der Waals surface area contributed by atoms with Crippen LogP contribution in [0.15, 0.2) is 18.5 Å². The summed E-state index contributed by atoms with van der Waals surface area (Å²) in [6.45, 7) is 4.18. The van der Waals surface area contributed by atoms with Crippen molar-refractivity contribution >= 4 is 0 Å². The van der Waals surface area contributed by atoms with E-state index in [9.17, 15) is 0 Å². The third-order valence-electron chi connectivity index (χ3n) is 2.77. The second kappa shape index (κ2) is 6.54. The molecule has 0 aromatic carbocycles. The van der Waals surface area contributed by atoms with E-state index in [0.29, 0.717) is 11.7 Å². The van der Waals surface area contributed by atoms with Gasteiger partial charge in [-0.15, -0.1) is 0 Å². The maximum Gasteiger partial charge on any atom is 0.137 e. The van der Waals surface area contributed by atoms with Gasteiger partial charge in [0.1, 0.15) is 5.75 Å². The summed E-state index contributed by atoms with van der Waals surface area (Å²) in [5.41, 5.74) is 3.73. The quantitative estimate of drug-likeness (QED) is 0.578. The zero-order chi connectivity index (χ0) is 12.8. The minimum absolute atomic E-state index is 0.0195. The van der Waals surface area contributed by atoms with Crippen LogP contribution in [0.3, 0.4) is 0 Å². The normalized spacial score (nSPS) is 14.7. The summed E-state index contributed by atoms with van der Waals surface area (Å²) in [5, 5.41) is 0. The molecule has 0 fully saturated rings. The molecular weight excluding hydrogens is 218 g/mol. The van der Waals surface area contributed by atoms with Gasteiger partial charge in [-0.3, -0.25) is 16.3 Å². The number of methoxy groups -OCH3 is 2. The Morgan fingerprint density at radius 1 is 1.29 bits per heavy atom. The number of hydrazine groups is 1. The number of pyridine rings is 1. The van der Waals surface area contributed by atoms with Crippen molar-refractivity contribution in [3.05, 3.63) is 24.0 Å². The smallest absolute Gasteiger partial charge is 0.137 e.